The van der Waals surface area contributed by atoms with Crippen molar-refractivity contribution in [2.24, 2.45) is 10.5 Å². The van der Waals surface area contributed by atoms with Gasteiger partial charge >= 0.3 is 0 Å². The van der Waals surface area contributed by atoms with Crippen LogP contribution in [0.4, 0.5) is 5.69 Å². The van der Waals surface area contributed by atoms with Crippen LogP contribution in [0.2, 0.25) is 0 Å². The van der Waals surface area contributed by atoms with E-state index in [1.165, 1.54) is 0 Å². The zero-order valence-electron chi connectivity index (χ0n) is 19.3. The van der Waals surface area contributed by atoms with Crippen LogP contribution < -0.4 is 5.01 Å². The fraction of sp³-hybridized carbons (Fsp3) is 0.276. The Morgan fingerprint density at radius 1 is 0.727 bits per heavy atom. The highest BCUT2D eigenvalue weighted by Gasteiger charge is 2.62. The first-order chi connectivity index (χ1) is 15.9. The van der Waals surface area contributed by atoms with Gasteiger partial charge in [0.05, 0.1) is 11.4 Å². The average molecular weight is 437 g/mol. The first-order valence-electron chi connectivity index (χ1n) is 11.5. The third-order valence-electron chi connectivity index (χ3n) is 7.32. The molecule has 33 heavy (non-hydrogen) atoms. The van der Waals surface area contributed by atoms with Gasteiger partial charge in [0.2, 0.25) is 0 Å². The van der Waals surface area contributed by atoms with E-state index in [4.69, 9.17) is 5.10 Å². The van der Waals surface area contributed by atoms with E-state index in [1.54, 1.807) is 5.01 Å². The number of anilines is 1. The van der Waals surface area contributed by atoms with Gasteiger partial charge in [0.25, 0.3) is 5.91 Å². The number of aryl methyl sites for hydroxylation is 2. The molecule has 1 heterocycles. The predicted octanol–water partition coefficient (Wildman–Crippen LogP) is 5.94. The van der Waals surface area contributed by atoms with Crippen LogP contribution in [-0.4, -0.2) is 17.4 Å². The van der Waals surface area contributed by atoms with E-state index >= 15 is 0 Å². The minimum Gasteiger partial charge on any atom is -0.300 e. The molecular weight excluding hydrogens is 408 g/mol. The van der Waals surface area contributed by atoms with Crippen LogP contribution >= 0.6 is 0 Å². The van der Waals surface area contributed by atoms with Crippen molar-refractivity contribution in [3.8, 4) is 0 Å². The minimum absolute atomic E-state index is 0.0464. The summed E-state index contributed by atoms with van der Waals surface area (Å²) >= 11 is 0. The molecule has 0 unspecified atom stereocenters. The van der Waals surface area contributed by atoms with Crippen molar-refractivity contribution in [1.82, 2.24) is 0 Å². The number of hydrogen-bond acceptors (Lipinski definition) is 3. The number of hydrazone groups is 1. The van der Waals surface area contributed by atoms with Gasteiger partial charge in [-0.3, -0.25) is 9.59 Å². The second-order valence-corrected chi connectivity index (χ2v) is 9.38. The number of rotatable bonds is 3. The summed E-state index contributed by atoms with van der Waals surface area (Å²) in [6.07, 6.45) is 0.680. The van der Waals surface area contributed by atoms with Gasteiger partial charge in [0.1, 0.15) is 11.2 Å². The van der Waals surface area contributed by atoms with Gasteiger partial charge in [-0.05, 0) is 44.0 Å². The predicted molar refractivity (Wildman–Crippen MR) is 132 cm³/mol. The zero-order valence-corrected chi connectivity index (χ0v) is 19.3. The Morgan fingerprint density at radius 3 is 1.70 bits per heavy atom. The summed E-state index contributed by atoms with van der Waals surface area (Å²) in [4.78, 5) is 27.5. The molecule has 0 radical (unpaired) electrons. The van der Waals surface area contributed by atoms with E-state index in [2.05, 4.69) is 48.5 Å². The Kier molecular flexibility index (Phi) is 5.24. The summed E-state index contributed by atoms with van der Waals surface area (Å²) in [5, 5.41) is 6.37. The van der Waals surface area contributed by atoms with Crippen molar-refractivity contribution in [2.45, 2.75) is 45.4 Å². The summed E-state index contributed by atoms with van der Waals surface area (Å²) in [6.45, 7) is 6.05. The number of para-hydroxylation sites is 1. The van der Waals surface area contributed by atoms with Crippen molar-refractivity contribution in [3.05, 3.63) is 101 Å². The van der Waals surface area contributed by atoms with E-state index in [1.807, 2.05) is 51.1 Å². The lowest BCUT2D eigenvalue weighted by molar-refractivity contribution is -0.131. The van der Waals surface area contributed by atoms with Gasteiger partial charge in [0.15, 0.2) is 0 Å². The molecule has 3 aromatic rings. The Hall–Kier alpha value is -3.53. The minimum atomic E-state index is -0.908. The summed E-state index contributed by atoms with van der Waals surface area (Å²) in [7, 11) is 0. The topological polar surface area (TPSA) is 49.7 Å². The van der Waals surface area contributed by atoms with Crippen molar-refractivity contribution in [3.63, 3.8) is 0 Å². The Morgan fingerprint density at radius 2 is 1.21 bits per heavy atom. The smallest absolute Gasteiger partial charge is 0.260 e. The monoisotopic (exact) mass is 436 g/mol. The first-order valence-corrected chi connectivity index (χ1v) is 11.5. The third-order valence-corrected chi connectivity index (χ3v) is 7.32. The van der Waals surface area contributed by atoms with Gasteiger partial charge in [-0.2, -0.15) is 10.1 Å². The molecule has 0 saturated heterocycles. The maximum atomic E-state index is 14.4. The molecule has 1 fully saturated rings. The quantitative estimate of drug-likeness (QED) is 0.510. The molecule has 0 aromatic heterocycles. The summed E-state index contributed by atoms with van der Waals surface area (Å²) in [5.74, 6) is -0.392. The Bertz CT molecular complexity index is 1170. The molecule has 1 amide bonds. The number of ketones is 1. The van der Waals surface area contributed by atoms with E-state index in [9.17, 15) is 9.59 Å². The fourth-order valence-corrected chi connectivity index (χ4v) is 5.62. The first kappa shape index (κ1) is 21.3. The molecule has 4 nitrogen and oxygen atoms in total. The lowest BCUT2D eigenvalue weighted by atomic mass is 9.54. The molecule has 5 rings (SSSR count). The second-order valence-electron chi connectivity index (χ2n) is 9.38. The molecule has 2 aliphatic rings. The molecule has 1 spiro atoms. The van der Waals surface area contributed by atoms with E-state index in [0.29, 0.717) is 12.8 Å². The number of carbonyl (C=O) groups excluding carboxylic acids is 2. The molecule has 0 bridgehead atoms. The maximum Gasteiger partial charge on any atom is 0.260 e. The van der Waals surface area contributed by atoms with E-state index < -0.39 is 5.41 Å². The Labute approximate surface area is 194 Å². The maximum absolute atomic E-state index is 14.4. The molecule has 1 aliphatic carbocycles. The van der Waals surface area contributed by atoms with Crippen LogP contribution in [0, 0.1) is 19.3 Å². The van der Waals surface area contributed by atoms with Crippen LogP contribution in [0.1, 0.15) is 53.9 Å². The Balaban J connectivity index is 1.72. The van der Waals surface area contributed by atoms with Gasteiger partial charge in [-0.1, -0.05) is 77.9 Å². The fourth-order valence-electron chi connectivity index (χ4n) is 5.62. The van der Waals surface area contributed by atoms with Gasteiger partial charge < -0.3 is 0 Å². The molecule has 1 aliphatic heterocycles. The molecule has 3 aromatic carbocycles. The lowest BCUT2D eigenvalue weighted by Crippen LogP contribution is -2.52. The van der Waals surface area contributed by atoms with Gasteiger partial charge in [-0.25, -0.2) is 0 Å². The second kappa shape index (κ2) is 8.11. The normalized spacial score (nSPS) is 22.0. The van der Waals surface area contributed by atoms with Crippen molar-refractivity contribution in [2.75, 3.05) is 5.01 Å². The average Bonchev–Trinajstić information content (AvgIpc) is 3.08. The molecule has 4 heteroatoms. The number of Topliss-reactive ketones (excluding diaryl/α,β-unsaturated/α-hetero) is 1. The molecule has 2 atom stereocenters. The van der Waals surface area contributed by atoms with Crippen LogP contribution in [0.25, 0.3) is 0 Å². The zero-order chi connectivity index (χ0) is 23.2. The number of hydrogen-bond donors (Lipinski definition) is 0. The SMILES string of the molecule is CC1=NN(c2ccccc2)C(=O)C12[C@H](c1ccc(C)cc1)CC(=O)C[C@H]2c1ccc(C)cc1. The number of carbonyl (C=O) groups is 2. The van der Waals surface area contributed by atoms with Crippen molar-refractivity contribution >= 4 is 23.1 Å². The van der Waals surface area contributed by atoms with Crippen LogP contribution in [0.5, 0.6) is 0 Å². The number of nitrogens with zero attached hydrogens (tertiary/aromatic N) is 2. The standard InChI is InChI=1S/C29H28N2O2/c1-19-9-13-22(14-10-19)26-17-25(32)18-27(23-15-11-20(2)12-16-23)29(26)21(3)30-31(28(29)33)24-7-5-4-6-8-24/h4-16,26-27H,17-18H2,1-3H3/t26-,27-/m0/s1. The molecule has 166 valence electrons. The van der Waals surface area contributed by atoms with Crippen LogP contribution in [-0.2, 0) is 9.59 Å². The van der Waals surface area contributed by atoms with Gasteiger partial charge in [0, 0.05) is 24.7 Å². The van der Waals surface area contributed by atoms with Crippen molar-refractivity contribution < 1.29 is 9.59 Å². The van der Waals surface area contributed by atoms with E-state index in [-0.39, 0.29) is 23.5 Å². The summed E-state index contributed by atoms with van der Waals surface area (Å²) in [5.41, 5.74) is 4.96. The highest BCUT2D eigenvalue weighted by atomic mass is 16.2. The number of amides is 1. The third kappa shape index (κ3) is 3.41. The van der Waals surface area contributed by atoms with Crippen LogP contribution in [0.3, 0.4) is 0 Å². The molecule has 0 N–H and O–H groups in total. The molecular formula is C29H28N2O2. The van der Waals surface area contributed by atoms with Gasteiger partial charge in [-0.15, -0.1) is 0 Å². The highest BCUT2D eigenvalue weighted by Crippen LogP contribution is 2.58. The lowest BCUT2D eigenvalue weighted by Gasteiger charge is -2.46. The summed E-state index contributed by atoms with van der Waals surface area (Å²) in [6, 6.07) is 26.1. The largest absolute Gasteiger partial charge is 0.300 e. The highest BCUT2D eigenvalue weighted by molar-refractivity contribution is 6.21. The van der Waals surface area contributed by atoms with E-state index in [0.717, 1.165) is 33.7 Å². The molecule has 1 saturated carbocycles. The van der Waals surface area contributed by atoms with Crippen LogP contribution in [0.15, 0.2) is 84.0 Å². The number of benzene rings is 3. The summed E-state index contributed by atoms with van der Waals surface area (Å²) < 4.78 is 0. The van der Waals surface area contributed by atoms with Crippen molar-refractivity contribution in [1.29, 1.82) is 0 Å².